The Balaban J connectivity index is 1.75. The van der Waals surface area contributed by atoms with Crippen molar-refractivity contribution in [3.63, 3.8) is 0 Å². The van der Waals surface area contributed by atoms with Crippen molar-refractivity contribution in [2.45, 2.75) is 37.5 Å². The van der Waals surface area contributed by atoms with Gasteiger partial charge in [-0.3, -0.25) is 4.79 Å². The molecule has 0 unspecified atom stereocenters. The van der Waals surface area contributed by atoms with E-state index in [1.54, 1.807) is 31.4 Å². The van der Waals surface area contributed by atoms with Gasteiger partial charge in [0, 0.05) is 24.3 Å². The standard InChI is InChI=1S/C21H26N2O4S/c1-15(2)19-14-16(6-11-20(19)27-3)21(24)22-17-7-9-18(10-8-17)28(25,26)23-12-4-5-13-23/h6-11,14-15H,4-5,12-13H2,1-3H3,(H,22,24). The molecule has 0 aromatic heterocycles. The number of benzene rings is 2. The van der Waals surface area contributed by atoms with Crippen LogP contribution in [0.4, 0.5) is 5.69 Å². The van der Waals surface area contributed by atoms with E-state index in [4.69, 9.17) is 4.74 Å². The van der Waals surface area contributed by atoms with Crippen molar-refractivity contribution in [1.29, 1.82) is 0 Å². The first kappa shape index (κ1) is 20.4. The van der Waals surface area contributed by atoms with Gasteiger partial charge < -0.3 is 10.1 Å². The Labute approximate surface area is 166 Å². The van der Waals surface area contributed by atoms with Crippen LogP contribution < -0.4 is 10.1 Å². The summed E-state index contributed by atoms with van der Waals surface area (Å²) < 4.78 is 32.0. The Hall–Kier alpha value is -2.38. The maximum absolute atomic E-state index is 12.6. The van der Waals surface area contributed by atoms with E-state index in [9.17, 15) is 13.2 Å². The maximum Gasteiger partial charge on any atom is 0.255 e. The molecule has 1 amide bonds. The second-order valence-electron chi connectivity index (χ2n) is 7.20. The van der Waals surface area contributed by atoms with Gasteiger partial charge in [0.15, 0.2) is 0 Å². The first-order valence-electron chi connectivity index (χ1n) is 9.42. The molecule has 28 heavy (non-hydrogen) atoms. The molecule has 1 saturated heterocycles. The van der Waals surface area contributed by atoms with Crippen LogP contribution in [-0.2, 0) is 10.0 Å². The van der Waals surface area contributed by atoms with Crippen molar-refractivity contribution in [2.24, 2.45) is 0 Å². The topological polar surface area (TPSA) is 75.7 Å². The monoisotopic (exact) mass is 402 g/mol. The summed E-state index contributed by atoms with van der Waals surface area (Å²) in [6.45, 7) is 5.21. The summed E-state index contributed by atoms with van der Waals surface area (Å²) in [6.07, 6.45) is 1.79. The molecule has 3 rings (SSSR count). The number of nitrogens with one attached hydrogen (secondary N) is 1. The fourth-order valence-corrected chi connectivity index (χ4v) is 4.83. The van der Waals surface area contributed by atoms with Crippen LogP contribution in [-0.4, -0.2) is 38.8 Å². The lowest BCUT2D eigenvalue weighted by molar-refractivity contribution is 0.102. The Morgan fingerprint density at radius 1 is 1.07 bits per heavy atom. The summed E-state index contributed by atoms with van der Waals surface area (Å²) in [5, 5.41) is 2.82. The van der Waals surface area contributed by atoms with E-state index in [1.807, 2.05) is 19.9 Å². The van der Waals surface area contributed by atoms with Gasteiger partial charge in [-0.2, -0.15) is 4.31 Å². The van der Waals surface area contributed by atoms with Crippen molar-refractivity contribution in [3.8, 4) is 5.75 Å². The molecule has 1 fully saturated rings. The summed E-state index contributed by atoms with van der Waals surface area (Å²) >= 11 is 0. The Bertz CT molecular complexity index is 947. The highest BCUT2D eigenvalue weighted by Gasteiger charge is 2.27. The van der Waals surface area contributed by atoms with Gasteiger partial charge in [-0.25, -0.2) is 8.42 Å². The van der Waals surface area contributed by atoms with E-state index in [2.05, 4.69) is 5.32 Å². The van der Waals surface area contributed by atoms with E-state index in [0.29, 0.717) is 24.3 Å². The lowest BCUT2D eigenvalue weighted by Gasteiger charge is -2.16. The van der Waals surface area contributed by atoms with Crippen molar-refractivity contribution >= 4 is 21.6 Å². The Morgan fingerprint density at radius 2 is 1.71 bits per heavy atom. The SMILES string of the molecule is COc1ccc(C(=O)Nc2ccc(S(=O)(=O)N3CCCC3)cc2)cc1C(C)C. The summed E-state index contributed by atoms with van der Waals surface area (Å²) in [5.41, 5.74) is 2.03. The van der Waals surface area contributed by atoms with Crippen LogP contribution in [0.3, 0.4) is 0 Å². The molecule has 0 saturated carbocycles. The van der Waals surface area contributed by atoms with Gasteiger partial charge in [-0.15, -0.1) is 0 Å². The molecule has 7 heteroatoms. The largest absolute Gasteiger partial charge is 0.496 e. The third-order valence-corrected chi connectivity index (χ3v) is 6.84. The lowest BCUT2D eigenvalue weighted by Crippen LogP contribution is -2.27. The third-order valence-electron chi connectivity index (χ3n) is 4.93. The van der Waals surface area contributed by atoms with Gasteiger partial charge in [-0.05, 0) is 66.8 Å². The summed E-state index contributed by atoms with van der Waals surface area (Å²) in [7, 11) is -1.84. The van der Waals surface area contributed by atoms with Crippen LogP contribution in [0.25, 0.3) is 0 Å². The average Bonchev–Trinajstić information content (AvgIpc) is 3.23. The minimum atomic E-state index is -3.45. The number of rotatable bonds is 6. The minimum Gasteiger partial charge on any atom is -0.496 e. The number of amides is 1. The average molecular weight is 403 g/mol. The highest BCUT2D eigenvalue weighted by atomic mass is 32.2. The fraction of sp³-hybridized carbons (Fsp3) is 0.381. The molecule has 1 heterocycles. The van der Waals surface area contributed by atoms with E-state index in [1.165, 1.54) is 16.4 Å². The van der Waals surface area contributed by atoms with Gasteiger partial charge >= 0.3 is 0 Å². The van der Waals surface area contributed by atoms with Crippen LogP contribution in [0.15, 0.2) is 47.4 Å². The second-order valence-corrected chi connectivity index (χ2v) is 9.14. The van der Waals surface area contributed by atoms with Crippen LogP contribution >= 0.6 is 0 Å². The van der Waals surface area contributed by atoms with Gasteiger partial charge in [0.2, 0.25) is 10.0 Å². The quantitative estimate of drug-likeness (QED) is 0.796. The van der Waals surface area contributed by atoms with Gasteiger partial charge in [-0.1, -0.05) is 13.8 Å². The molecule has 1 N–H and O–H groups in total. The Morgan fingerprint density at radius 3 is 2.29 bits per heavy atom. The van der Waals surface area contributed by atoms with Gasteiger partial charge in [0.05, 0.1) is 12.0 Å². The molecule has 1 aliphatic heterocycles. The zero-order chi connectivity index (χ0) is 20.3. The number of hydrogen-bond donors (Lipinski definition) is 1. The molecule has 0 atom stereocenters. The van der Waals surface area contributed by atoms with Crippen LogP contribution in [0.2, 0.25) is 0 Å². The van der Waals surface area contributed by atoms with Crippen molar-refractivity contribution in [3.05, 3.63) is 53.6 Å². The molecule has 150 valence electrons. The second kappa shape index (κ2) is 8.32. The predicted octanol–water partition coefficient (Wildman–Crippen LogP) is 3.86. The molecule has 1 aliphatic rings. The maximum atomic E-state index is 12.6. The first-order chi connectivity index (χ1) is 13.3. The number of ether oxygens (including phenoxy) is 1. The van der Waals surface area contributed by atoms with Crippen LogP contribution in [0.5, 0.6) is 5.75 Å². The van der Waals surface area contributed by atoms with E-state index in [-0.39, 0.29) is 16.7 Å². The third kappa shape index (κ3) is 4.20. The molecule has 2 aromatic rings. The van der Waals surface area contributed by atoms with Crippen molar-refractivity contribution in [2.75, 3.05) is 25.5 Å². The van der Waals surface area contributed by atoms with Crippen LogP contribution in [0, 0.1) is 0 Å². The first-order valence-corrected chi connectivity index (χ1v) is 10.9. The number of hydrogen-bond acceptors (Lipinski definition) is 4. The van der Waals surface area contributed by atoms with E-state index < -0.39 is 10.0 Å². The number of anilines is 1. The number of nitrogens with zero attached hydrogens (tertiary/aromatic N) is 1. The van der Waals surface area contributed by atoms with Crippen molar-refractivity contribution in [1.82, 2.24) is 4.31 Å². The summed E-state index contributed by atoms with van der Waals surface area (Å²) in [4.78, 5) is 12.9. The highest BCUT2D eigenvalue weighted by molar-refractivity contribution is 7.89. The zero-order valence-corrected chi connectivity index (χ0v) is 17.3. The molecule has 0 bridgehead atoms. The highest BCUT2D eigenvalue weighted by Crippen LogP contribution is 2.28. The molecular formula is C21H26N2O4S. The number of methoxy groups -OCH3 is 1. The zero-order valence-electron chi connectivity index (χ0n) is 16.4. The van der Waals surface area contributed by atoms with Crippen LogP contribution in [0.1, 0.15) is 48.5 Å². The minimum absolute atomic E-state index is 0.220. The molecule has 6 nitrogen and oxygen atoms in total. The number of sulfonamides is 1. The molecular weight excluding hydrogens is 376 g/mol. The fourth-order valence-electron chi connectivity index (χ4n) is 3.32. The smallest absolute Gasteiger partial charge is 0.255 e. The molecule has 2 aromatic carbocycles. The normalized spacial score (nSPS) is 15.0. The predicted molar refractivity (Wildman–Crippen MR) is 109 cm³/mol. The van der Waals surface area contributed by atoms with Crippen molar-refractivity contribution < 1.29 is 17.9 Å². The van der Waals surface area contributed by atoms with E-state index >= 15 is 0 Å². The van der Waals surface area contributed by atoms with E-state index in [0.717, 1.165) is 24.2 Å². The summed E-state index contributed by atoms with van der Waals surface area (Å²) in [6, 6.07) is 11.6. The molecule has 0 spiro atoms. The number of carbonyl (C=O) groups excluding carboxylic acids is 1. The molecule has 0 radical (unpaired) electrons. The van der Waals surface area contributed by atoms with Gasteiger partial charge in [0.25, 0.3) is 5.91 Å². The lowest BCUT2D eigenvalue weighted by atomic mass is 9.99. The number of carbonyl (C=O) groups is 1. The summed E-state index contributed by atoms with van der Waals surface area (Å²) in [5.74, 6) is 0.723. The Kier molecular flexibility index (Phi) is 6.05. The molecule has 0 aliphatic carbocycles. The van der Waals surface area contributed by atoms with Gasteiger partial charge in [0.1, 0.15) is 5.75 Å².